The van der Waals surface area contributed by atoms with Gasteiger partial charge in [-0.1, -0.05) is 6.08 Å². The topological polar surface area (TPSA) is 98.3 Å². The average molecular weight is 263 g/mol. The fourth-order valence-corrected chi connectivity index (χ4v) is 1.64. The molecule has 0 spiro atoms. The Morgan fingerprint density at radius 1 is 1.53 bits per heavy atom. The molecule has 1 rings (SSSR count). The van der Waals surface area contributed by atoms with Crippen molar-refractivity contribution < 1.29 is 9.72 Å². The highest BCUT2D eigenvalue weighted by Crippen LogP contribution is 2.26. The molecule has 1 aromatic rings. The lowest BCUT2D eigenvalue weighted by molar-refractivity contribution is -0.385. The van der Waals surface area contributed by atoms with Gasteiger partial charge in [-0.25, -0.2) is 0 Å². The summed E-state index contributed by atoms with van der Waals surface area (Å²) in [6, 6.07) is 2.34. The number of amides is 1. The molecule has 0 radical (unpaired) electrons. The van der Waals surface area contributed by atoms with Gasteiger partial charge in [-0.2, -0.15) is 0 Å². The van der Waals surface area contributed by atoms with E-state index in [-0.39, 0.29) is 11.6 Å². The Morgan fingerprint density at radius 3 is 2.68 bits per heavy atom. The zero-order valence-corrected chi connectivity index (χ0v) is 11.0. The van der Waals surface area contributed by atoms with Gasteiger partial charge in [-0.3, -0.25) is 14.9 Å². The third kappa shape index (κ3) is 3.62. The summed E-state index contributed by atoms with van der Waals surface area (Å²) in [5.41, 5.74) is 7.33. The summed E-state index contributed by atoms with van der Waals surface area (Å²) in [5.74, 6) is -0.337. The first kappa shape index (κ1) is 14.8. The van der Waals surface area contributed by atoms with Gasteiger partial charge in [0.1, 0.15) is 0 Å². The van der Waals surface area contributed by atoms with Crippen LogP contribution in [0.4, 0.5) is 11.4 Å². The number of nitrogens with one attached hydrogen (secondary N) is 1. The number of carbonyl (C=O) groups is 1. The van der Waals surface area contributed by atoms with E-state index < -0.39 is 11.0 Å². The van der Waals surface area contributed by atoms with Crippen LogP contribution in [0.1, 0.15) is 17.5 Å². The molecule has 0 aliphatic rings. The second-order valence-electron chi connectivity index (χ2n) is 4.33. The summed E-state index contributed by atoms with van der Waals surface area (Å²) >= 11 is 0. The van der Waals surface area contributed by atoms with Crippen molar-refractivity contribution in [2.75, 3.05) is 5.32 Å². The van der Waals surface area contributed by atoms with Crippen LogP contribution in [0.5, 0.6) is 0 Å². The predicted molar refractivity (Wildman–Crippen MR) is 74.0 cm³/mol. The molecule has 0 aliphatic carbocycles. The van der Waals surface area contributed by atoms with Gasteiger partial charge < -0.3 is 11.1 Å². The number of nitrogens with zero attached hydrogens (tertiary/aromatic N) is 1. The number of anilines is 1. The Labute approximate surface area is 111 Å². The number of nitrogens with two attached hydrogens (primary N) is 1. The number of nitro benzene ring substituents is 1. The molecule has 1 aromatic carbocycles. The Bertz CT molecular complexity index is 526. The molecule has 0 saturated heterocycles. The lowest BCUT2D eigenvalue weighted by atomic mass is 10.1. The van der Waals surface area contributed by atoms with Gasteiger partial charge in [0, 0.05) is 17.3 Å². The van der Waals surface area contributed by atoms with Crippen LogP contribution in [0.2, 0.25) is 0 Å². The number of rotatable bonds is 5. The maximum atomic E-state index is 11.8. The van der Waals surface area contributed by atoms with Gasteiger partial charge in [0.05, 0.1) is 11.0 Å². The average Bonchev–Trinajstić information content (AvgIpc) is 2.33. The van der Waals surface area contributed by atoms with E-state index in [4.69, 9.17) is 5.73 Å². The van der Waals surface area contributed by atoms with E-state index in [0.29, 0.717) is 23.2 Å². The van der Waals surface area contributed by atoms with Gasteiger partial charge in [0.2, 0.25) is 5.91 Å². The molecule has 1 atom stereocenters. The van der Waals surface area contributed by atoms with E-state index in [1.807, 2.05) is 0 Å². The van der Waals surface area contributed by atoms with Crippen LogP contribution in [0, 0.1) is 24.0 Å². The molecule has 6 nitrogen and oxygen atoms in total. The highest BCUT2D eigenvalue weighted by Gasteiger charge is 2.17. The van der Waals surface area contributed by atoms with Crippen molar-refractivity contribution in [3.05, 3.63) is 46.0 Å². The zero-order chi connectivity index (χ0) is 14.6. The number of carbonyl (C=O) groups excluding carboxylic acids is 1. The molecular weight excluding hydrogens is 246 g/mol. The van der Waals surface area contributed by atoms with Gasteiger partial charge >= 0.3 is 0 Å². The van der Waals surface area contributed by atoms with E-state index in [0.717, 1.165) is 0 Å². The van der Waals surface area contributed by atoms with E-state index in [1.54, 1.807) is 26.0 Å². The quantitative estimate of drug-likeness (QED) is 0.482. The molecule has 0 fully saturated rings. The number of hydrogen-bond donors (Lipinski definition) is 2. The summed E-state index contributed by atoms with van der Waals surface area (Å²) in [5, 5.41) is 13.5. The van der Waals surface area contributed by atoms with Crippen molar-refractivity contribution in [2.45, 2.75) is 26.3 Å². The predicted octanol–water partition coefficient (Wildman–Crippen LogP) is 2.05. The fourth-order valence-electron chi connectivity index (χ4n) is 1.64. The molecule has 1 unspecified atom stereocenters. The highest BCUT2D eigenvalue weighted by atomic mass is 16.6. The molecule has 0 heterocycles. The third-order valence-electron chi connectivity index (χ3n) is 2.75. The minimum atomic E-state index is -0.674. The Kier molecular flexibility index (Phi) is 4.77. The van der Waals surface area contributed by atoms with Crippen molar-refractivity contribution in [3.8, 4) is 0 Å². The first-order valence-corrected chi connectivity index (χ1v) is 5.79. The standard InChI is InChI=1S/C13H17N3O3/c1-4-5-10(14)13(17)15-11-6-9(3)12(16(18)19)7-8(11)2/h4,6-7,10H,1,5,14H2,2-3H3,(H,15,17). The normalized spacial score (nSPS) is 11.7. The van der Waals surface area contributed by atoms with Crippen molar-refractivity contribution in [1.82, 2.24) is 0 Å². The van der Waals surface area contributed by atoms with Crippen LogP contribution >= 0.6 is 0 Å². The minimum absolute atomic E-state index is 0.0332. The van der Waals surface area contributed by atoms with Crippen LogP contribution in [-0.4, -0.2) is 16.9 Å². The molecular formula is C13H17N3O3. The third-order valence-corrected chi connectivity index (χ3v) is 2.75. The maximum Gasteiger partial charge on any atom is 0.272 e. The maximum absolute atomic E-state index is 11.8. The first-order valence-electron chi connectivity index (χ1n) is 5.79. The van der Waals surface area contributed by atoms with Crippen molar-refractivity contribution in [3.63, 3.8) is 0 Å². The monoisotopic (exact) mass is 263 g/mol. The molecule has 102 valence electrons. The van der Waals surface area contributed by atoms with Crippen LogP contribution in [0.3, 0.4) is 0 Å². The zero-order valence-electron chi connectivity index (χ0n) is 11.0. The summed E-state index contributed by atoms with van der Waals surface area (Å²) in [6.07, 6.45) is 1.94. The van der Waals surface area contributed by atoms with Crippen LogP contribution in [-0.2, 0) is 4.79 Å². The SMILES string of the molecule is C=CCC(N)C(=O)Nc1cc(C)c([N+](=O)[O-])cc1C. The second-order valence-corrected chi connectivity index (χ2v) is 4.33. The molecule has 0 bridgehead atoms. The number of hydrogen-bond acceptors (Lipinski definition) is 4. The highest BCUT2D eigenvalue weighted by molar-refractivity contribution is 5.95. The smallest absolute Gasteiger partial charge is 0.272 e. The Hall–Kier alpha value is -2.21. The van der Waals surface area contributed by atoms with E-state index in [2.05, 4.69) is 11.9 Å². The van der Waals surface area contributed by atoms with Crippen LogP contribution in [0.15, 0.2) is 24.8 Å². The van der Waals surface area contributed by atoms with E-state index in [9.17, 15) is 14.9 Å². The van der Waals surface area contributed by atoms with Crippen LogP contribution < -0.4 is 11.1 Å². The number of nitro groups is 1. The van der Waals surface area contributed by atoms with E-state index >= 15 is 0 Å². The Balaban J connectivity index is 2.97. The number of aryl methyl sites for hydroxylation is 2. The molecule has 3 N–H and O–H groups in total. The number of benzene rings is 1. The minimum Gasteiger partial charge on any atom is -0.324 e. The summed E-state index contributed by atoms with van der Waals surface area (Å²) in [7, 11) is 0. The lowest BCUT2D eigenvalue weighted by Crippen LogP contribution is -2.35. The molecule has 0 saturated carbocycles. The summed E-state index contributed by atoms with van der Waals surface area (Å²) < 4.78 is 0. The van der Waals surface area contributed by atoms with Gasteiger partial charge in [0.25, 0.3) is 5.69 Å². The molecule has 0 aromatic heterocycles. The van der Waals surface area contributed by atoms with Gasteiger partial charge in [-0.15, -0.1) is 6.58 Å². The van der Waals surface area contributed by atoms with Gasteiger partial charge in [0.15, 0.2) is 0 Å². The Morgan fingerprint density at radius 2 is 2.16 bits per heavy atom. The lowest BCUT2D eigenvalue weighted by Gasteiger charge is -2.13. The van der Waals surface area contributed by atoms with Gasteiger partial charge in [-0.05, 0) is 31.9 Å². The molecule has 0 aliphatic heterocycles. The van der Waals surface area contributed by atoms with Crippen LogP contribution in [0.25, 0.3) is 0 Å². The molecule has 1 amide bonds. The van der Waals surface area contributed by atoms with E-state index in [1.165, 1.54) is 6.07 Å². The second kappa shape index (κ2) is 6.10. The van der Waals surface area contributed by atoms with Crippen molar-refractivity contribution in [1.29, 1.82) is 0 Å². The molecule has 19 heavy (non-hydrogen) atoms. The summed E-state index contributed by atoms with van der Waals surface area (Å²) in [4.78, 5) is 22.1. The molecule has 6 heteroatoms. The fraction of sp³-hybridized carbons (Fsp3) is 0.308. The summed E-state index contributed by atoms with van der Waals surface area (Å²) in [6.45, 7) is 6.84. The van der Waals surface area contributed by atoms with Crippen molar-refractivity contribution in [2.24, 2.45) is 5.73 Å². The largest absolute Gasteiger partial charge is 0.324 e. The van der Waals surface area contributed by atoms with Crippen molar-refractivity contribution >= 4 is 17.3 Å². The first-order chi connectivity index (χ1) is 8.86.